The molecule has 1 aromatic rings. The molecule has 0 saturated carbocycles. The van der Waals surface area contributed by atoms with Crippen LogP contribution in [0.4, 0.5) is 9.18 Å². The Labute approximate surface area is 162 Å². The van der Waals surface area contributed by atoms with Crippen LogP contribution < -0.4 is 0 Å². The van der Waals surface area contributed by atoms with E-state index in [0.717, 1.165) is 11.8 Å². The van der Waals surface area contributed by atoms with Crippen molar-refractivity contribution in [2.45, 2.75) is 70.6 Å². The van der Waals surface area contributed by atoms with Crippen LogP contribution in [0.3, 0.4) is 0 Å². The Kier molecular flexibility index (Phi) is 6.40. The average molecular weight is 404 g/mol. The van der Waals surface area contributed by atoms with Gasteiger partial charge in [0.2, 0.25) is 0 Å². The second-order valence-electron chi connectivity index (χ2n) is 7.73. The number of halogens is 1. The van der Waals surface area contributed by atoms with E-state index in [0.29, 0.717) is 17.9 Å². The molecular formula is C18H26FNO4S2. The van der Waals surface area contributed by atoms with Crippen LogP contribution in [-0.2, 0) is 14.3 Å². The zero-order valence-corrected chi connectivity index (χ0v) is 17.6. The molecule has 146 valence electrons. The van der Waals surface area contributed by atoms with Crippen molar-refractivity contribution in [2.75, 3.05) is 6.61 Å². The van der Waals surface area contributed by atoms with E-state index in [-0.39, 0.29) is 22.2 Å². The van der Waals surface area contributed by atoms with Gasteiger partial charge in [-0.2, -0.15) is 0 Å². The van der Waals surface area contributed by atoms with E-state index < -0.39 is 17.4 Å². The summed E-state index contributed by atoms with van der Waals surface area (Å²) in [4.78, 5) is 26.5. The molecule has 1 aliphatic rings. The number of rotatable bonds is 4. The van der Waals surface area contributed by atoms with Gasteiger partial charge in [-0.15, -0.1) is 11.3 Å². The van der Waals surface area contributed by atoms with Crippen LogP contribution in [0.25, 0.3) is 0 Å². The fraction of sp³-hybridized carbons (Fsp3) is 0.667. The van der Waals surface area contributed by atoms with Crippen molar-refractivity contribution in [2.24, 2.45) is 0 Å². The Morgan fingerprint density at radius 2 is 2.15 bits per heavy atom. The Morgan fingerprint density at radius 3 is 2.65 bits per heavy atom. The molecule has 0 spiro atoms. The van der Waals surface area contributed by atoms with Gasteiger partial charge in [-0.25, -0.2) is 9.18 Å². The van der Waals surface area contributed by atoms with Gasteiger partial charge in [0.05, 0.1) is 22.8 Å². The van der Waals surface area contributed by atoms with E-state index in [1.54, 1.807) is 44.9 Å². The molecule has 1 saturated heterocycles. The number of carbonyl (C=O) groups is 2. The largest absolute Gasteiger partial charge is 0.444 e. The van der Waals surface area contributed by atoms with Crippen LogP contribution in [0.1, 0.15) is 58.1 Å². The Balaban J connectivity index is 2.24. The Bertz CT molecular complexity index is 668. The molecule has 1 aliphatic heterocycles. The number of hydrogen-bond donors (Lipinski definition) is 0. The molecule has 2 atom stereocenters. The number of carbonyl (C=O) groups excluding carboxylic acids is 2. The molecule has 2 rings (SSSR count). The highest BCUT2D eigenvalue weighted by molar-refractivity contribution is 8.13. The summed E-state index contributed by atoms with van der Waals surface area (Å²) in [6, 6.07) is 1.09. The van der Waals surface area contributed by atoms with Crippen LogP contribution >= 0.6 is 23.1 Å². The number of amides is 1. The third kappa shape index (κ3) is 5.20. The zero-order chi connectivity index (χ0) is 19.7. The summed E-state index contributed by atoms with van der Waals surface area (Å²) in [6.45, 7) is 10.8. The highest BCUT2D eigenvalue weighted by atomic mass is 32.2. The molecule has 8 heteroatoms. The molecule has 2 heterocycles. The van der Waals surface area contributed by atoms with Crippen molar-refractivity contribution < 1.29 is 23.5 Å². The van der Waals surface area contributed by atoms with Gasteiger partial charge >= 0.3 is 6.09 Å². The minimum absolute atomic E-state index is 0.0928. The predicted molar refractivity (Wildman–Crippen MR) is 102 cm³/mol. The van der Waals surface area contributed by atoms with E-state index >= 15 is 0 Å². The van der Waals surface area contributed by atoms with Gasteiger partial charge in [-0.3, -0.25) is 9.69 Å². The summed E-state index contributed by atoms with van der Waals surface area (Å²) < 4.78 is 25.4. The molecule has 1 fully saturated rings. The summed E-state index contributed by atoms with van der Waals surface area (Å²) in [5.74, 6) is -0.323. The number of ether oxygens (including phenoxy) is 2. The van der Waals surface area contributed by atoms with Crippen molar-refractivity contribution in [1.82, 2.24) is 4.90 Å². The second-order valence-corrected chi connectivity index (χ2v) is 10.1. The van der Waals surface area contributed by atoms with E-state index in [1.807, 2.05) is 0 Å². The molecule has 5 nitrogen and oxygen atoms in total. The molecular weight excluding hydrogens is 377 g/mol. The lowest BCUT2D eigenvalue weighted by Gasteiger charge is -2.35. The lowest BCUT2D eigenvalue weighted by Crippen LogP contribution is -2.50. The molecule has 0 N–H and O–H groups in total. The SMILES string of the molecule is CC(=O)S[C@@H](CC1COC(C)(C)N1C(=O)OC(C)(C)C)c1sccc1F. The second kappa shape index (κ2) is 7.86. The van der Waals surface area contributed by atoms with Crippen LogP contribution in [0, 0.1) is 5.82 Å². The lowest BCUT2D eigenvalue weighted by atomic mass is 10.1. The van der Waals surface area contributed by atoms with Gasteiger partial charge in [-0.1, -0.05) is 11.8 Å². The third-order valence-corrected chi connectivity index (χ3v) is 6.10. The fourth-order valence-electron chi connectivity index (χ4n) is 2.93. The van der Waals surface area contributed by atoms with Gasteiger partial charge in [0.15, 0.2) is 5.12 Å². The fourth-order valence-corrected chi connectivity index (χ4v) is 4.94. The van der Waals surface area contributed by atoms with Gasteiger partial charge in [0.25, 0.3) is 0 Å². The predicted octanol–water partition coefficient (Wildman–Crippen LogP) is 4.97. The molecule has 1 aromatic heterocycles. The van der Waals surface area contributed by atoms with E-state index in [4.69, 9.17) is 9.47 Å². The number of thiophene rings is 1. The number of thioether (sulfide) groups is 1. The summed E-state index contributed by atoms with van der Waals surface area (Å²) in [6.07, 6.45) is -0.0621. The zero-order valence-electron chi connectivity index (χ0n) is 16.0. The van der Waals surface area contributed by atoms with Crippen molar-refractivity contribution in [3.05, 3.63) is 22.1 Å². The molecule has 26 heavy (non-hydrogen) atoms. The lowest BCUT2D eigenvalue weighted by molar-refractivity contribution is -0.109. The normalized spacial score (nSPS) is 20.9. The maximum Gasteiger partial charge on any atom is 0.412 e. The topological polar surface area (TPSA) is 55.8 Å². The highest BCUT2D eigenvalue weighted by Gasteiger charge is 2.46. The average Bonchev–Trinajstić information content (AvgIpc) is 2.99. The van der Waals surface area contributed by atoms with E-state index in [2.05, 4.69) is 0 Å². The van der Waals surface area contributed by atoms with Crippen molar-refractivity contribution in [3.8, 4) is 0 Å². The minimum Gasteiger partial charge on any atom is -0.444 e. The summed E-state index contributed by atoms with van der Waals surface area (Å²) >= 11 is 2.36. The highest BCUT2D eigenvalue weighted by Crippen LogP contribution is 2.42. The van der Waals surface area contributed by atoms with Crippen molar-refractivity contribution in [1.29, 1.82) is 0 Å². The standard InChI is InChI=1S/C18H26FNO4S2/c1-11(21)26-14(15-13(19)7-8-25-15)9-12-10-23-18(5,6)20(12)16(22)24-17(2,3)4/h7-8,12,14H,9-10H2,1-6H3/t12?,14-/m0/s1. The third-order valence-electron chi connectivity index (χ3n) is 3.90. The maximum atomic E-state index is 14.1. The van der Waals surface area contributed by atoms with Gasteiger partial charge < -0.3 is 9.47 Å². The van der Waals surface area contributed by atoms with Crippen LogP contribution in [0.5, 0.6) is 0 Å². The molecule has 0 aromatic carbocycles. The minimum atomic E-state index is -0.827. The van der Waals surface area contributed by atoms with Crippen molar-refractivity contribution in [3.63, 3.8) is 0 Å². The van der Waals surface area contributed by atoms with E-state index in [9.17, 15) is 14.0 Å². The summed E-state index contributed by atoms with van der Waals surface area (Å²) in [5, 5.41) is 1.20. The first kappa shape index (κ1) is 21.2. The molecule has 1 unspecified atom stereocenters. The van der Waals surface area contributed by atoms with Crippen LogP contribution in [0.2, 0.25) is 0 Å². The molecule has 1 amide bonds. The Morgan fingerprint density at radius 1 is 1.50 bits per heavy atom. The quantitative estimate of drug-likeness (QED) is 0.710. The Hall–Kier alpha value is -1.12. The van der Waals surface area contributed by atoms with Crippen molar-refractivity contribution >= 4 is 34.3 Å². The number of hydrogen-bond acceptors (Lipinski definition) is 6. The molecule has 0 radical (unpaired) electrons. The first-order chi connectivity index (χ1) is 11.9. The first-order valence-corrected chi connectivity index (χ1v) is 10.2. The van der Waals surface area contributed by atoms with Gasteiger partial charge in [-0.05, 0) is 52.5 Å². The van der Waals surface area contributed by atoms with Crippen LogP contribution in [-0.4, -0.2) is 40.1 Å². The first-order valence-electron chi connectivity index (χ1n) is 8.47. The van der Waals surface area contributed by atoms with Crippen LogP contribution in [0.15, 0.2) is 11.4 Å². The van der Waals surface area contributed by atoms with E-state index in [1.165, 1.54) is 24.3 Å². The smallest absolute Gasteiger partial charge is 0.412 e. The molecule has 0 aliphatic carbocycles. The number of nitrogens with zero attached hydrogens (tertiary/aromatic N) is 1. The maximum absolute atomic E-state index is 14.1. The van der Waals surface area contributed by atoms with Gasteiger partial charge in [0.1, 0.15) is 17.1 Å². The monoisotopic (exact) mass is 403 g/mol. The van der Waals surface area contributed by atoms with Gasteiger partial charge in [0, 0.05) is 6.92 Å². The molecule has 0 bridgehead atoms. The summed E-state index contributed by atoms with van der Waals surface area (Å²) in [7, 11) is 0. The summed E-state index contributed by atoms with van der Waals surface area (Å²) in [5.41, 5.74) is -1.46.